The smallest absolute Gasteiger partial charge is 0.256 e. The van der Waals surface area contributed by atoms with E-state index in [2.05, 4.69) is 5.32 Å². The number of nitrogens with one attached hydrogen (secondary N) is 1. The van der Waals surface area contributed by atoms with Gasteiger partial charge < -0.3 is 10.2 Å². The molecule has 132 valence electrons. The predicted molar refractivity (Wildman–Crippen MR) is 81.3 cm³/mol. The molecule has 0 unspecified atom stereocenters. The van der Waals surface area contributed by atoms with Gasteiger partial charge in [0.2, 0.25) is 0 Å². The van der Waals surface area contributed by atoms with Crippen molar-refractivity contribution in [3.05, 3.63) is 34.9 Å². The summed E-state index contributed by atoms with van der Waals surface area (Å²) in [4.78, 5) is 13.5. The summed E-state index contributed by atoms with van der Waals surface area (Å²) in [5.74, 6) is -4.97. The molecule has 2 aliphatic rings. The van der Waals surface area contributed by atoms with Crippen molar-refractivity contribution in [3.63, 3.8) is 0 Å². The van der Waals surface area contributed by atoms with E-state index in [1.807, 2.05) is 0 Å². The molecule has 1 N–H and O–H groups in total. The first-order valence-electron chi connectivity index (χ1n) is 8.24. The Bertz CT molecular complexity index is 619. The van der Waals surface area contributed by atoms with Crippen molar-refractivity contribution in [3.8, 4) is 0 Å². The van der Waals surface area contributed by atoms with Crippen molar-refractivity contribution in [2.75, 3.05) is 26.2 Å². The van der Waals surface area contributed by atoms with Crippen molar-refractivity contribution in [1.29, 1.82) is 0 Å². The van der Waals surface area contributed by atoms with Crippen LogP contribution in [-0.4, -0.2) is 42.9 Å². The minimum atomic E-state index is -2.79. The Morgan fingerprint density at radius 3 is 2.33 bits per heavy atom. The Hall–Kier alpha value is -1.63. The Labute approximate surface area is 138 Å². The Morgan fingerprint density at radius 2 is 1.71 bits per heavy atom. The predicted octanol–water partition coefficient (Wildman–Crippen LogP) is 3.30. The SMILES string of the molecule is O=C(c1cc(F)c(C2CCNCC2)cc1F)N1CCC(F)(F)CC1. The lowest BCUT2D eigenvalue weighted by Gasteiger charge is -2.32. The van der Waals surface area contributed by atoms with Gasteiger partial charge in [-0.05, 0) is 49.5 Å². The van der Waals surface area contributed by atoms with Crippen LogP contribution in [0.2, 0.25) is 0 Å². The molecule has 1 aromatic rings. The van der Waals surface area contributed by atoms with E-state index < -0.39 is 36.3 Å². The highest BCUT2D eigenvalue weighted by molar-refractivity contribution is 5.94. The maximum Gasteiger partial charge on any atom is 0.256 e. The summed E-state index contributed by atoms with van der Waals surface area (Å²) < 4.78 is 55.1. The van der Waals surface area contributed by atoms with E-state index in [0.29, 0.717) is 12.8 Å². The van der Waals surface area contributed by atoms with Crippen LogP contribution in [0.3, 0.4) is 0 Å². The minimum Gasteiger partial charge on any atom is -0.338 e. The average molecular weight is 344 g/mol. The standard InChI is InChI=1S/C17H20F4N2O/c18-14-10-13(16(24)23-7-3-17(20,21)4-8-23)15(19)9-12(14)11-1-5-22-6-2-11/h9-11,22H,1-8H2. The molecule has 1 aromatic carbocycles. The number of amides is 1. The number of nitrogens with zero attached hydrogens (tertiary/aromatic N) is 1. The molecule has 0 atom stereocenters. The lowest BCUT2D eigenvalue weighted by atomic mass is 9.89. The molecule has 7 heteroatoms. The molecule has 2 saturated heterocycles. The van der Waals surface area contributed by atoms with Gasteiger partial charge >= 0.3 is 0 Å². The van der Waals surface area contributed by atoms with Crippen molar-refractivity contribution < 1.29 is 22.4 Å². The topological polar surface area (TPSA) is 32.3 Å². The van der Waals surface area contributed by atoms with Gasteiger partial charge in [-0.25, -0.2) is 17.6 Å². The number of alkyl halides is 2. The highest BCUT2D eigenvalue weighted by atomic mass is 19.3. The van der Waals surface area contributed by atoms with E-state index >= 15 is 0 Å². The summed E-state index contributed by atoms with van der Waals surface area (Å²) >= 11 is 0. The summed E-state index contributed by atoms with van der Waals surface area (Å²) in [6.45, 7) is 1.19. The van der Waals surface area contributed by atoms with Gasteiger partial charge in [0.15, 0.2) is 0 Å². The molecular formula is C17H20F4N2O. The first-order chi connectivity index (χ1) is 11.4. The van der Waals surface area contributed by atoms with Gasteiger partial charge in [0, 0.05) is 25.9 Å². The second-order valence-corrected chi connectivity index (χ2v) is 6.53. The second kappa shape index (κ2) is 6.70. The zero-order valence-corrected chi connectivity index (χ0v) is 13.3. The quantitative estimate of drug-likeness (QED) is 0.835. The van der Waals surface area contributed by atoms with Crippen LogP contribution in [0.25, 0.3) is 0 Å². The average Bonchev–Trinajstić information content (AvgIpc) is 2.57. The zero-order chi connectivity index (χ0) is 17.3. The van der Waals surface area contributed by atoms with Crippen LogP contribution in [0.1, 0.15) is 47.5 Å². The largest absolute Gasteiger partial charge is 0.338 e. The van der Waals surface area contributed by atoms with Gasteiger partial charge in [-0.3, -0.25) is 4.79 Å². The van der Waals surface area contributed by atoms with Crippen LogP contribution in [0.5, 0.6) is 0 Å². The first-order valence-corrected chi connectivity index (χ1v) is 8.24. The number of piperidine rings is 2. The molecule has 3 nitrogen and oxygen atoms in total. The maximum atomic E-state index is 14.4. The molecule has 3 rings (SSSR count). The number of carbonyl (C=O) groups excluding carboxylic acids is 1. The fraction of sp³-hybridized carbons (Fsp3) is 0.588. The molecular weight excluding hydrogens is 324 g/mol. The molecule has 0 saturated carbocycles. The van der Waals surface area contributed by atoms with Crippen molar-refractivity contribution in [2.24, 2.45) is 0 Å². The van der Waals surface area contributed by atoms with Crippen molar-refractivity contribution in [1.82, 2.24) is 10.2 Å². The van der Waals surface area contributed by atoms with E-state index in [0.717, 1.165) is 25.2 Å². The number of hydrogen-bond acceptors (Lipinski definition) is 2. The van der Waals surface area contributed by atoms with Crippen LogP contribution in [0.15, 0.2) is 12.1 Å². The number of halogens is 4. The monoisotopic (exact) mass is 344 g/mol. The number of benzene rings is 1. The lowest BCUT2D eigenvalue weighted by molar-refractivity contribution is -0.0494. The van der Waals surface area contributed by atoms with Crippen LogP contribution < -0.4 is 5.32 Å². The zero-order valence-electron chi connectivity index (χ0n) is 13.3. The highest BCUT2D eigenvalue weighted by Gasteiger charge is 2.36. The second-order valence-electron chi connectivity index (χ2n) is 6.53. The van der Waals surface area contributed by atoms with E-state index in [9.17, 15) is 22.4 Å². The van der Waals surface area contributed by atoms with Crippen molar-refractivity contribution >= 4 is 5.91 Å². The van der Waals surface area contributed by atoms with E-state index in [1.165, 1.54) is 4.90 Å². The molecule has 24 heavy (non-hydrogen) atoms. The number of rotatable bonds is 2. The van der Waals surface area contributed by atoms with Gasteiger partial charge in [-0.2, -0.15) is 0 Å². The highest BCUT2D eigenvalue weighted by Crippen LogP contribution is 2.31. The molecule has 0 spiro atoms. The molecule has 2 fully saturated rings. The normalized spacial score (nSPS) is 21.8. The van der Waals surface area contributed by atoms with E-state index in [-0.39, 0.29) is 30.1 Å². The molecule has 2 heterocycles. The molecule has 0 aromatic heterocycles. The third-order valence-electron chi connectivity index (χ3n) is 4.88. The van der Waals surface area contributed by atoms with Crippen LogP contribution in [0, 0.1) is 11.6 Å². The fourth-order valence-corrected chi connectivity index (χ4v) is 3.38. The molecule has 0 bridgehead atoms. The van der Waals surface area contributed by atoms with Gasteiger partial charge in [-0.15, -0.1) is 0 Å². The molecule has 2 aliphatic heterocycles. The lowest BCUT2D eigenvalue weighted by Crippen LogP contribution is -2.43. The molecule has 0 radical (unpaired) electrons. The molecule has 1 amide bonds. The first kappa shape index (κ1) is 17.2. The third kappa shape index (κ3) is 3.55. The van der Waals surface area contributed by atoms with Crippen LogP contribution >= 0.6 is 0 Å². The van der Waals surface area contributed by atoms with Crippen molar-refractivity contribution in [2.45, 2.75) is 37.5 Å². The Kier molecular flexibility index (Phi) is 4.80. The minimum absolute atomic E-state index is 0.0708. The van der Waals surface area contributed by atoms with Gasteiger partial charge in [-0.1, -0.05) is 0 Å². The fourth-order valence-electron chi connectivity index (χ4n) is 3.38. The Morgan fingerprint density at radius 1 is 1.08 bits per heavy atom. The van der Waals surface area contributed by atoms with Gasteiger partial charge in [0.25, 0.3) is 11.8 Å². The Balaban J connectivity index is 1.79. The summed E-state index contributed by atoms with van der Waals surface area (Å²) in [6, 6.07) is 2.01. The maximum absolute atomic E-state index is 14.4. The van der Waals surface area contributed by atoms with E-state index in [4.69, 9.17) is 0 Å². The third-order valence-corrected chi connectivity index (χ3v) is 4.88. The van der Waals surface area contributed by atoms with E-state index in [1.54, 1.807) is 0 Å². The number of likely N-dealkylation sites (tertiary alicyclic amines) is 1. The summed E-state index contributed by atoms with van der Waals surface area (Å²) in [6.07, 6.45) is 0.529. The van der Waals surface area contributed by atoms with Crippen LogP contribution in [-0.2, 0) is 0 Å². The summed E-state index contributed by atoms with van der Waals surface area (Å²) in [7, 11) is 0. The van der Waals surface area contributed by atoms with Gasteiger partial charge in [0.1, 0.15) is 11.6 Å². The van der Waals surface area contributed by atoms with Gasteiger partial charge in [0.05, 0.1) is 5.56 Å². The summed E-state index contributed by atoms with van der Waals surface area (Å²) in [5.41, 5.74) is -0.0915. The molecule has 0 aliphatic carbocycles. The number of hydrogen-bond donors (Lipinski definition) is 1. The van der Waals surface area contributed by atoms with Crippen LogP contribution in [0.4, 0.5) is 17.6 Å². The summed E-state index contributed by atoms with van der Waals surface area (Å²) in [5, 5.41) is 3.16. The number of carbonyl (C=O) groups is 1.